The van der Waals surface area contributed by atoms with Crippen molar-refractivity contribution in [3.05, 3.63) is 19.1 Å². The second kappa shape index (κ2) is 14.3. The summed E-state index contributed by atoms with van der Waals surface area (Å²) in [7, 11) is 0.628. The molecule has 0 saturated carbocycles. The van der Waals surface area contributed by atoms with Crippen LogP contribution in [0.1, 0.15) is 13.3 Å². The predicted molar refractivity (Wildman–Crippen MR) is 68.4 cm³/mol. The Bertz CT molecular complexity index is 224. The van der Waals surface area contributed by atoms with Crippen molar-refractivity contribution in [1.29, 1.82) is 0 Å². The van der Waals surface area contributed by atoms with Gasteiger partial charge >= 0.3 is 49.4 Å². The van der Waals surface area contributed by atoms with Crippen LogP contribution in [0.15, 0.2) is 12.2 Å². The van der Waals surface area contributed by atoms with Gasteiger partial charge in [-0.25, -0.2) is 5.92 Å². The average Bonchev–Trinajstić information content (AvgIpc) is 1.99. The van der Waals surface area contributed by atoms with Crippen LogP contribution in [0, 0.1) is 30.6 Å². The molecule has 65 valence electrons. The maximum atomic E-state index is 3.69. The van der Waals surface area contributed by atoms with Crippen molar-refractivity contribution in [3.8, 4) is 23.7 Å². The molecule has 12 heavy (non-hydrogen) atoms. The Balaban J connectivity index is 0. The molecule has 0 radical (unpaired) electrons. The molecule has 0 aromatic rings. The van der Waals surface area contributed by atoms with Crippen LogP contribution in [0.2, 0.25) is 0 Å². The van der Waals surface area contributed by atoms with E-state index in [1.165, 1.54) is 0 Å². The summed E-state index contributed by atoms with van der Waals surface area (Å²) in [5.74, 6) is 10.4. The molecule has 0 saturated heterocycles. The fraction of sp³-hybridized carbons (Fsp3) is 0.222. The van der Waals surface area contributed by atoms with Crippen molar-refractivity contribution in [2.24, 2.45) is 0 Å². The van der Waals surface area contributed by atoms with E-state index in [2.05, 4.69) is 77.1 Å². The molecule has 0 rings (SSSR count). The van der Waals surface area contributed by atoms with Crippen LogP contribution in [0.25, 0.3) is 0 Å². The molecule has 0 N–H and O–H groups in total. The Hall–Kier alpha value is 0.774. The van der Waals surface area contributed by atoms with E-state index in [-0.39, 0.29) is 0 Å². The van der Waals surface area contributed by atoms with Crippen LogP contribution in [0.4, 0.5) is 0 Å². The van der Waals surface area contributed by atoms with Gasteiger partial charge in [-0.1, -0.05) is 12.2 Å². The third-order valence-electron chi connectivity index (χ3n) is 0.629. The molecule has 0 amide bonds. The Labute approximate surface area is 104 Å². The first-order valence-corrected chi connectivity index (χ1v) is 12.0. The van der Waals surface area contributed by atoms with Gasteiger partial charge in [-0.3, -0.25) is 5.92 Å². The summed E-state index contributed by atoms with van der Waals surface area (Å²) >= 11 is 4.74. The van der Waals surface area contributed by atoms with Crippen molar-refractivity contribution in [3.63, 3.8) is 0 Å². The second-order valence-electron chi connectivity index (χ2n) is 1.80. The van der Waals surface area contributed by atoms with Gasteiger partial charge in [-0.2, -0.15) is 6.92 Å². The van der Waals surface area contributed by atoms with Gasteiger partial charge < -0.3 is 0 Å². The summed E-state index contributed by atoms with van der Waals surface area (Å²) in [6.45, 7) is 8.94. The van der Waals surface area contributed by atoms with E-state index < -0.39 is 0 Å². The van der Waals surface area contributed by atoms with Gasteiger partial charge in [-0.05, 0) is 6.92 Å². The summed E-state index contributed by atoms with van der Waals surface area (Å²) in [5, 5.41) is 0. The van der Waals surface area contributed by atoms with Gasteiger partial charge in [0.25, 0.3) is 0 Å². The van der Waals surface area contributed by atoms with Crippen molar-refractivity contribution in [2.75, 3.05) is 0 Å². The molecule has 0 aliphatic heterocycles. The molecule has 0 atom stereocenters. The van der Waals surface area contributed by atoms with Crippen LogP contribution in [-0.2, 0) is 9.47 Å². The van der Waals surface area contributed by atoms with Crippen LogP contribution in [0.3, 0.4) is 0 Å². The molecular formula is C9H9I2V-. The van der Waals surface area contributed by atoms with E-state index in [0.717, 1.165) is 12.0 Å². The molecule has 0 nitrogen and oxygen atoms in total. The Morgan fingerprint density at radius 1 is 1.50 bits per heavy atom. The Morgan fingerprint density at radius 2 is 2.00 bits per heavy atom. The van der Waals surface area contributed by atoms with Gasteiger partial charge in [0.2, 0.25) is 0 Å². The molecule has 0 aromatic heterocycles. The monoisotopic (exact) mass is 422 g/mol. The molecule has 0 heterocycles. The molecule has 0 aliphatic carbocycles. The summed E-state index contributed by atoms with van der Waals surface area (Å²) in [6.07, 6.45) is 0.731. The van der Waals surface area contributed by atoms with Gasteiger partial charge in [0, 0.05) is 6.42 Å². The Morgan fingerprint density at radius 3 is 2.33 bits per heavy atom. The minimum atomic E-state index is 0.628. The van der Waals surface area contributed by atoms with Gasteiger partial charge in [0.1, 0.15) is 0 Å². The number of halogens is 2. The zero-order valence-corrected chi connectivity index (χ0v) is 12.5. The zero-order chi connectivity index (χ0) is 9.82. The number of allylic oxidation sites excluding steroid dienone is 1. The van der Waals surface area contributed by atoms with Gasteiger partial charge in [0.15, 0.2) is 0 Å². The minimum absolute atomic E-state index is 0.628. The fourth-order valence-corrected chi connectivity index (χ4v) is 0.283. The molecule has 0 aromatic carbocycles. The van der Waals surface area contributed by atoms with Crippen molar-refractivity contribution in [1.82, 2.24) is 0 Å². The molecule has 0 fully saturated rings. The number of rotatable bonds is 1. The van der Waals surface area contributed by atoms with Crippen LogP contribution in [0.5, 0.6) is 0 Å². The summed E-state index contributed by atoms with van der Waals surface area (Å²) < 4.78 is 0. The van der Waals surface area contributed by atoms with Crippen LogP contribution in [-0.4, -0.2) is 0 Å². The van der Waals surface area contributed by atoms with E-state index in [9.17, 15) is 0 Å². The molecular weight excluding hydrogens is 413 g/mol. The van der Waals surface area contributed by atoms with Crippen molar-refractivity contribution < 1.29 is 9.47 Å². The quantitative estimate of drug-likeness (QED) is 0.263. The maximum absolute atomic E-state index is 3.69. The first-order chi connectivity index (χ1) is 5.68. The first kappa shape index (κ1) is 15.3. The normalized spacial score (nSPS) is 5.58. The van der Waals surface area contributed by atoms with E-state index in [1.807, 2.05) is 6.92 Å². The fourth-order valence-electron chi connectivity index (χ4n) is 0.283. The summed E-state index contributed by atoms with van der Waals surface area (Å²) in [6, 6.07) is 0. The number of hydrogen-bond acceptors (Lipinski definition) is 0. The van der Waals surface area contributed by atoms with E-state index >= 15 is 0 Å². The predicted octanol–water partition coefficient (Wildman–Crippen LogP) is 3.56. The summed E-state index contributed by atoms with van der Waals surface area (Å²) in [4.78, 5) is 0. The Kier molecular flexibility index (Phi) is 18.2. The SMILES string of the molecule is C=C(C)CC#CC#C[CH2-].[I][V][I]. The standard InChI is InChI=1S/C9H9.2HI.V/c1-4-5-6-7-8-9(2)3;;;/h1-2,8H2,3H3;2*1H;/q-1;;;+2/p-2. The average molecular weight is 422 g/mol. The summed E-state index contributed by atoms with van der Waals surface area (Å²) in [5.41, 5.74) is 1.06. The third-order valence-corrected chi connectivity index (χ3v) is 0.629. The zero-order valence-electron chi connectivity index (χ0n) is 6.82. The molecule has 0 bridgehead atoms. The van der Waals surface area contributed by atoms with E-state index in [4.69, 9.17) is 0 Å². The molecule has 3 heteroatoms. The molecule has 0 unspecified atom stereocenters. The van der Waals surface area contributed by atoms with Crippen molar-refractivity contribution >= 4 is 40.0 Å². The van der Waals surface area contributed by atoms with E-state index in [0.29, 0.717) is 9.47 Å². The number of hydrogen-bond donors (Lipinski definition) is 0. The van der Waals surface area contributed by atoms with E-state index in [1.54, 1.807) is 0 Å². The molecule has 0 aliphatic rings. The third kappa shape index (κ3) is 22.4. The second-order valence-corrected chi connectivity index (χ2v) is 13.6. The first-order valence-electron chi connectivity index (χ1n) is 3.00. The molecule has 0 spiro atoms. The topological polar surface area (TPSA) is 0 Å². The van der Waals surface area contributed by atoms with Gasteiger partial charge in [-0.15, -0.1) is 11.8 Å². The van der Waals surface area contributed by atoms with Gasteiger partial charge in [0.05, 0.1) is 0 Å². The van der Waals surface area contributed by atoms with Crippen molar-refractivity contribution in [2.45, 2.75) is 13.3 Å². The van der Waals surface area contributed by atoms with Crippen LogP contribution >= 0.6 is 40.0 Å². The van der Waals surface area contributed by atoms with Crippen LogP contribution < -0.4 is 0 Å².